The van der Waals surface area contributed by atoms with E-state index in [9.17, 15) is 0 Å². The van der Waals surface area contributed by atoms with Gasteiger partial charge >= 0.3 is 0 Å². The van der Waals surface area contributed by atoms with E-state index < -0.39 is 0 Å². The lowest BCUT2D eigenvalue weighted by atomic mass is 9.96. The van der Waals surface area contributed by atoms with Crippen molar-refractivity contribution in [2.45, 2.75) is 32.2 Å². The molecular formula is C8H18ClN3. The van der Waals surface area contributed by atoms with Crippen molar-refractivity contribution in [3.63, 3.8) is 0 Å². The van der Waals surface area contributed by atoms with Gasteiger partial charge in [-0.1, -0.05) is 6.92 Å². The lowest BCUT2D eigenvalue weighted by Gasteiger charge is -2.20. The minimum atomic E-state index is -0.0844. The Morgan fingerprint density at radius 2 is 2.08 bits per heavy atom. The Morgan fingerprint density at radius 3 is 2.50 bits per heavy atom. The molecule has 4 heteroatoms. The molecule has 72 valence electrons. The molecule has 0 aromatic rings. The van der Waals surface area contributed by atoms with Gasteiger partial charge in [-0.05, 0) is 19.8 Å². The quantitative estimate of drug-likeness (QED) is 0.677. The van der Waals surface area contributed by atoms with Crippen molar-refractivity contribution in [2.75, 3.05) is 13.6 Å². The van der Waals surface area contributed by atoms with Crippen LogP contribution in [0.25, 0.3) is 0 Å². The zero-order valence-corrected chi connectivity index (χ0v) is 8.82. The van der Waals surface area contributed by atoms with Gasteiger partial charge in [0.25, 0.3) is 0 Å². The summed E-state index contributed by atoms with van der Waals surface area (Å²) >= 11 is 0. The number of nitrogens with two attached hydrogens (primary N) is 1. The van der Waals surface area contributed by atoms with Crippen LogP contribution in [-0.4, -0.2) is 25.1 Å². The Morgan fingerprint density at radius 1 is 1.50 bits per heavy atom. The van der Waals surface area contributed by atoms with Crippen LogP contribution in [0.4, 0.5) is 0 Å². The Bertz CT molecular complexity index is 160. The molecule has 0 rings (SSSR count). The van der Waals surface area contributed by atoms with Gasteiger partial charge in [0.05, 0.1) is 12.6 Å². The van der Waals surface area contributed by atoms with Crippen LogP contribution in [0.2, 0.25) is 0 Å². The molecule has 12 heavy (non-hydrogen) atoms. The van der Waals surface area contributed by atoms with Gasteiger partial charge in [0, 0.05) is 12.6 Å². The first-order valence-electron chi connectivity index (χ1n) is 3.91. The van der Waals surface area contributed by atoms with Crippen molar-refractivity contribution in [3.8, 4) is 0 Å². The van der Waals surface area contributed by atoms with E-state index in [1.165, 1.54) is 0 Å². The van der Waals surface area contributed by atoms with Gasteiger partial charge in [-0.2, -0.15) is 0 Å². The van der Waals surface area contributed by atoms with Crippen molar-refractivity contribution >= 4 is 18.4 Å². The molecule has 0 aliphatic carbocycles. The molecule has 2 N–H and O–H groups in total. The number of nitrogens with zero attached hydrogens (tertiary/aromatic N) is 2. The Hall–Kier alpha value is -0.370. The first kappa shape index (κ1) is 14.2. The van der Waals surface area contributed by atoms with Crippen LogP contribution in [0.15, 0.2) is 9.98 Å². The van der Waals surface area contributed by atoms with Gasteiger partial charge in [-0.15, -0.1) is 12.4 Å². The highest BCUT2D eigenvalue weighted by atomic mass is 35.5. The monoisotopic (exact) mass is 191 g/mol. The van der Waals surface area contributed by atoms with Gasteiger partial charge < -0.3 is 5.73 Å². The van der Waals surface area contributed by atoms with E-state index in [-0.39, 0.29) is 17.9 Å². The lowest BCUT2D eigenvalue weighted by Crippen LogP contribution is -2.35. The Kier molecular flexibility index (Phi) is 8.61. The van der Waals surface area contributed by atoms with Crippen molar-refractivity contribution in [1.29, 1.82) is 0 Å². The zero-order valence-electron chi connectivity index (χ0n) is 8.00. The predicted molar refractivity (Wildman–Crippen MR) is 55.4 cm³/mol. The van der Waals surface area contributed by atoms with Gasteiger partial charge in [-0.3, -0.25) is 0 Å². The van der Waals surface area contributed by atoms with Crippen LogP contribution < -0.4 is 5.73 Å². The van der Waals surface area contributed by atoms with Crippen LogP contribution in [-0.2, 0) is 0 Å². The molecule has 0 saturated heterocycles. The number of halogens is 1. The minimum absolute atomic E-state index is 0. The van der Waals surface area contributed by atoms with Crippen LogP contribution >= 0.6 is 12.4 Å². The summed E-state index contributed by atoms with van der Waals surface area (Å²) in [6, 6.07) is 2.54. The molecule has 0 radical (unpaired) electrons. The van der Waals surface area contributed by atoms with E-state index in [1.807, 2.05) is 6.92 Å². The standard InChI is InChI=1S/C8H17N3.ClH/c1-4-8(2,9)5-6-11-7-10-3;/h4-6,9H2,1-3H3;1H. The molecule has 0 aliphatic heterocycles. The third kappa shape index (κ3) is 7.73. The van der Waals surface area contributed by atoms with Gasteiger partial charge in [0.15, 0.2) is 0 Å². The predicted octanol–water partition coefficient (Wildman–Crippen LogP) is 1.73. The van der Waals surface area contributed by atoms with E-state index in [4.69, 9.17) is 5.73 Å². The molecule has 0 spiro atoms. The summed E-state index contributed by atoms with van der Waals surface area (Å²) in [5.41, 5.74) is 5.80. The number of hydrogen-bond acceptors (Lipinski definition) is 3. The van der Waals surface area contributed by atoms with Crippen molar-refractivity contribution < 1.29 is 0 Å². The third-order valence-electron chi connectivity index (χ3n) is 1.77. The van der Waals surface area contributed by atoms with Crippen molar-refractivity contribution in [1.82, 2.24) is 0 Å². The fraction of sp³-hybridized carbons (Fsp3) is 0.875. The average Bonchev–Trinajstić information content (AvgIpc) is 1.99. The molecule has 1 unspecified atom stereocenters. The highest BCUT2D eigenvalue weighted by molar-refractivity contribution is 5.85. The first-order valence-corrected chi connectivity index (χ1v) is 3.91. The van der Waals surface area contributed by atoms with Crippen LogP contribution in [0.5, 0.6) is 0 Å². The first-order chi connectivity index (χ1) is 5.12. The molecule has 0 saturated carbocycles. The second-order valence-corrected chi connectivity index (χ2v) is 2.96. The topological polar surface area (TPSA) is 50.7 Å². The van der Waals surface area contributed by atoms with E-state index in [2.05, 4.69) is 22.9 Å². The second kappa shape index (κ2) is 7.29. The second-order valence-electron chi connectivity index (χ2n) is 2.96. The Labute approximate surface area is 80.6 Å². The van der Waals surface area contributed by atoms with E-state index in [0.717, 1.165) is 19.4 Å². The number of rotatable bonds is 4. The highest BCUT2D eigenvalue weighted by Gasteiger charge is 2.13. The fourth-order valence-corrected chi connectivity index (χ4v) is 0.609. The summed E-state index contributed by atoms with van der Waals surface area (Å²) in [5.74, 6) is 0. The zero-order chi connectivity index (χ0) is 8.74. The molecule has 0 amide bonds. The summed E-state index contributed by atoms with van der Waals surface area (Å²) < 4.78 is 0. The van der Waals surface area contributed by atoms with E-state index in [1.54, 1.807) is 7.05 Å². The molecular weight excluding hydrogens is 174 g/mol. The van der Waals surface area contributed by atoms with Crippen molar-refractivity contribution in [3.05, 3.63) is 0 Å². The molecule has 0 bridgehead atoms. The molecule has 3 nitrogen and oxygen atoms in total. The maximum atomic E-state index is 5.88. The SMILES string of the molecule is CCC(C)(N)CCN=C=NC.Cl. The van der Waals surface area contributed by atoms with E-state index >= 15 is 0 Å². The molecule has 0 fully saturated rings. The normalized spacial score (nSPS) is 13.7. The van der Waals surface area contributed by atoms with E-state index in [0.29, 0.717) is 0 Å². The summed E-state index contributed by atoms with van der Waals surface area (Å²) in [4.78, 5) is 7.55. The average molecular weight is 192 g/mol. The molecule has 1 atom stereocenters. The van der Waals surface area contributed by atoms with Gasteiger partial charge in [0.1, 0.15) is 0 Å². The maximum absolute atomic E-state index is 5.88. The fourth-order valence-electron chi connectivity index (χ4n) is 0.609. The summed E-state index contributed by atoms with van der Waals surface area (Å²) in [5, 5.41) is 0. The molecule has 0 aromatic heterocycles. The van der Waals surface area contributed by atoms with Crippen molar-refractivity contribution in [2.24, 2.45) is 15.7 Å². The largest absolute Gasteiger partial charge is 0.325 e. The van der Waals surface area contributed by atoms with Gasteiger partial charge in [0.2, 0.25) is 0 Å². The summed E-state index contributed by atoms with van der Waals surface area (Å²) in [7, 11) is 1.66. The highest BCUT2D eigenvalue weighted by Crippen LogP contribution is 2.09. The van der Waals surface area contributed by atoms with Crippen LogP contribution in [0.3, 0.4) is 0 Å². The van der Waals surface area contributed by atoms with Gasteiger partial charge in [-0.25, -0.2) is 9.98 Å². The van der Waals surface area contributed by atoms with Crippen LogP contribution in [0, 0.1) is 0 Å². The van der Waals surface area contributed by atoms with Crippen LogP contribution in [0.1, 0.15) is 26.7 Å². The molecule has 0 aliphatic rings. The maximum Gasteiger partial charge on any atom is 0.0889 e. The molecule has 0 aromatic carbocycles. The molecule has 0 heterocycles. The third-order valence-corrected chi connectivity index (χ3v) is 1.77. The lowest BCUT2D eigenvalue weighted by molar-refractivity contribution is 0.425. The smallest absolute Gasteiger partial charge is 0.0889 e. The summed E-state index contributed by atoms with van der Waals surface area (Å²) in [6.45, 7) is 4.83. The minimum Gasteiger partial charge on any atom is -0.325 e. The summed E-state index contributed by atoms with van der Waals surface area (Å²) in [6.07, 6.45) is 1.87. The number of aliphatic imine (C=N–C) groups is 2. The number of hydrogen-bond donors (Lipinski definition) is 1. The Balaban J connectivity index is 0.